The van der Waals surface area contributed by atoms with Crippen LogP contribution in [0.5, 0.6) is 0 Å². The van der Waals surface area contributed by atoms with Gasteiger partial charge in [-0.05, 0) is 12.1 Å². The maximum absolute atomic E-state index is 11.3. The molecule has 0 saturated heterocycles. The SMILES string of the molecule is O=C1C=C(c2c(Cl)cc(Cl)cc2Cl)C(=O)O1. The van der Waals surface area contributed by atoms with Gasteiger partial charge in [0.2, 0.25) is 0 Å². The lowest BCUT2D eigenvalue weighted by atomic mass is 10.1. The number of cyclic esters (lactones) is 2. The van der Waals surface area contributed by atoms with E-state index >= 15 is 0 Å². The normalized spacial score (nSPS) is 15.1. The maximum Gasteiger partial charge on any atom is 0.346 e. The van der Waals surface area contributed by atoms with Crippen molar-refractivity contribution < 1.29 is 14.3 Å². The lowest BCUT2D eigenvalue weighted by molar-refractivity contribution is -0.149. The molecule has 0 amide bonds. The van der Waals surface area contributed by atoms with Crippen molar-refractivity contribution in [2.24, 2.45) is 0 Å². The van der Waals surface area contributed by atoms with Gasteiger partial charge in [0.05, 0.1) is 15.6 Å². The van der Waals surface area contributed by atoms with Gasteiger partial charge >= 0.3 is 11.9 Å². The van der Waals surface area contributed by atoms with Gasteiger partial charge < -0.3 is 4.74 Å². The standard InChI is InChI=1S/C10H3Cl3O3/c11-4-1-6(12)9(7(13)2-4)5-3-8(14)16-10(5)15/h1-3H. The van der Waals surface area contributed by atoms with Gasteiger partial charge in [-0.25, -0.2) is 9.59 Å². The molecule has 82 valence electrons. The average molecular weight is 277 g/mol. The molecule has 1 aromatic carbocycles. The van der Waals surface area contributed by atoms with Gasteiger partial charge in [-0.2, -0.15) is 0 Å². The second kappa shape index (κ2) is 4.09. The van der Waals surface area contributed by atoms with Crippen molar-refractivity contribution in [2.75, 3.05) is 0 Å². The molecule has 3 nitrogen and oxygen atoms in total. The second-order valence-corrected chi connectivity index (χ2v) is 4.26. The Balaban J connectivity index is 2.61. The van der Waals surface area contributed by atoms with E-state index in [1.807, 2.05) is 0 Å². The highest BCUT2D eigenvalue weighted by Gasteiger charge is 2.28. The monoisotopic (exact) mass is 276 g/mol. The summed E-state index contributed by atoms with van der Waals surface area (Å²) in [5, 5.41) is 0.725. The van der Waals surface area contributed by atoms with Gasteiger partial charge in [-0.3, -0.25) is 0 Å². The molecule has 0 saturated carbocycles. The number of benzene rings is 1. The van der Waals surface area contributed by atoms with Crippen molar-refractivity contribution >= 4 is 52.3 Å². The minimum atomic E-state index is -0.767. The molecular formula is C10H3Cl3O3. The van der Waals surface area contributed by atoms with Crippen molar-refractivity contribution in [1.82, 2.24) is 0 Å². The van der Waals surface area contributed by atoms with E-state index in [4.69, 9.17) is 34.8 Å². The fraction of sp³-hybridized carbons (Fsp3) is 0. The molecule has 0 aliphatic carbocycles. The van der Waals surface area contributed by atoms with Crippen LogP contribution in [-0.4, -0.2) is 11.9 Å². The van der Waals surface area contributed by atoms with Crippen LogP contribution in [0.15, 0.2) is 18.2 Å². The first-order valence-electron chi connectivity index (χ1n) is 4.12. The molecule has 1 aliphatic rings. The number of rotatable bonds is 1. The Bertz CT molecular complexity index is 511. The number of halogens is 3. The summed E-state index contributed by atoms with van der Waals surface area (Å²) in [6, 6.07) is 2.86. The Hall–Kier alpha value is -1.03. The van der Waals surface area contributed by atoms with E-state index < -0.39 is 11.9 Å². The Kier molecular flexibility index (Phi) is 2.93. The molecule has 0 N–H and O–H groups in total. The Morgan fingerprint density at radius 1 is 1.00 bits per heavy atom. The van der Waals surface area contributed by atoms with E-state index in [1.165, 1.54) is 12.1 Å². The summed E-state index contributed by atoms with van der Waals surface area (Å²) in [6.07, 6.45) is 1.04. The predicted octanol–water partition coefficient (Wildman–Crippen LogP) is 3.11. The molecule has 16 heavy (non-hydrogen) atoms. The van der Waals surface area contributed by atoms with Crippen molar-refractivity contribution in [3.63, 3.8) is 0 Å². The van der Waals surface area contributed by atoms with Crippen LogP contribution in [0.25, 0.3) is 5.57 Å². The number of carbonyl (C=O) groups is 2. The fourth-order valence-corrected chi connectivity index (χ4v) is 2.35. The molecular weight excluding hydrogens is 274 g/mol. The summed E-state index contributed by atoms with van der Waals surface area (Å²) in [5.41, 5.74) is 0.292. The summed E-state index contributed by atoms with van der Waals surface area (Å²) in [4.78, 5) is 22.2. The summed E-state index contributed by atoms with van der Waals surface area (Å²) < 4.78 is 4.35. The summed E-state index contributed by atoms with van der Waals surface area (Å²) >= 11 is 17.5. The first kappa shape index (κ1) is 11.5. The van der Waals surface area contributed by atoms with Gasteiger partial charge in [0.15, 0.2) is 0 Å². The fourth-order valence-electron chi connectivity index (χ4n) is 1.33. The van der Waals surface area contributed by atoms with E-state index in [-0.39, 0.29) is 21.2 Å². The van der Waals surface area contributed by atoms with E-state index in [0.717, 1.165) is 6.08 Å². The molecule has 0 aromatic heterocycles. The van der Waals surface area contributed by atoms with Gasteiger partial charge in [0.25, 0.3) is 0 Å². The van der Waals surface area contributed by atoms with Crippen LogP contribution < -0.4 is 0 Å². The molecule has 6 heteroatoms. The van der Waals surface area contributed by atoms with Crippen LogP contribution in [0.2, 0.25) is 15.1 Å². The van der Waals surface area contributed by atoms with Gasteiger partial charge in [-0.1, -0.05) is 34.8 Å². The van der Waals surface area contributed by atoms with Gasteiger partial charge in [-0.15, -0.1) is 0 Å². The molecule has 2 rings (SSSR count). The van der Waals surface area contributed by atoms with Crippen LogP contribution in [0, 0.1) is 0 Å². The first-order chi connectivity index (χ1) is 7.49. The highest BCUT2D eigenvalue weighted by molar-refractivity contribution is 6.43. The van der Waals surface area contributed by atoms with Crippen molar-refractivity contribution in [2.45, 2.75) is 0 Å². The largest absolute Gasteiger partial charge is 0.386 e. The third-order valence-corrected chi connectivity index (χ3v) is 2.77. The summed E-state index contributed by atoms with van der Waals surface area (Å²) in [5.74, 6) is -1.50. The topological polar surface area (TPSA) is 43.4 Å². The van der Waals surface area contributed by atoms with E-state index in [0.29, 0.717) is 5.02 Å². The molecule has 1 aliphatic heterocycles. The lowest BCUT2D eigenvalue weighted by Crippen LogP contribution is -2.02. The van der Waals surface area contributed by atoms with Crippen molar-refractivity contribution in [3.8, 4) is 0 Å². The zero-order chi connectivity index (χ0) is 11.9. The Morgan fingerprint density at radius 3 is 2.00 bits per heavy atom. The Labute approximate surface area is 106 Å². The van der Waals surface area contributed by atoms with Crippen molar-refractivity contribution in [1.29, 1.82) is 0 Å². The Morgan fingerprint density at radius 2 is 1.56 bits per heavy atom. The summed E-state index contributed by atoms with van der Waals surface area (Å²) in [7, 11) is 0. The molecule has 1 heterocycles. The quantitative estimate of drug-likeness (QED) is 0.585. The minimum Gasteiger partial charge on any atom is -0.386 e. The van der Waals surface area contributed by atoms with Gasteiger partial charge in [0.1, 0.15) is 0 Å². The molecule has 0 atom stereocenters. The maximum atomic E-state index is 11.3. The van der Waals surface area contributed by atoms with Crippen LogP contribution in [0.3, 0.4) is 0 Å². The second-order valence-electron chi connectivity index (χ2n) is 3.01. The molecule has 1 aromatic rings. The molecule has 0 unspecified atom stereocenters. The third-order valence-electron chi connectivity index (χ3n) is 1.95. The molecule has 0 bridgehead atoms. The highest BCUT2D eigenvalue weighted by Crippen LogP contribution is 2.36. The lowest BCUT2D eigenvalue weighted by Gasteiger charge is -2.06. The number of hydrogen-bond donors (Lipinski definition) is 0. The third kappa shape index (κ3) is 1.94. The zero-order valence-corrected chi connectivity index (χ0v) is 9.86. The van der Waals surface area contributed by atoms with E-state index in [2.05, 4.69) is 4.74 Å². The number of ether oxygens (including phenoxy) is 1. The minimum absolute atomic E-state index is 0.0386. The number of carbonyl (C=O) groups excluding carboxylic acids is 2. The summed E-state index contributed by atoms with van der Waals surface area (Å²) in [6.45, 7) is 0. The first-order valence-corrected chi connectivity index (χ1v) is 5.25. The van der Waals surface area contributed by atoms with Crippen molar-refractivity contribution in [3.05, 3.63) is 38.8 Å². The smallest absolute Gasteiger partial charge is 0.346 e. The molecule has 0 radical (unpaired) electrons. The number of hydrogen-bond acceptors (Lipinski definition) is 3. The predicted molar refractivity (Wildman–Crippen MR) is 60.5 cm³/mol. The highest BCUT2D eigenvalue weighted by atomic mass is 35.5. The van der Waals surface area contributed by atoms with Crippen LogP contribution >= 0.6 is 34.8 Å². The van der Waals surface area contributed by atoms with E-state index in [9.17, 15) is 9.59 Å². The zero-order valence-electron chi connectivity index (χ0n) is 7.59. The molecule has 0 spiro atoms. The van der Waals surface area contributed by atoms with E-state index in [1.54, 1.807) is 0 Å². The van der Waals surface area contributed by atoms with Crippen LogP contribution in [0.1, 0.15) is 5.56 Å². The van der Waals surface area contributed by atoms with Gasteiger partial charge in [0, 0.05) is 16.7 Å². The van der Waals surface area contributed by atoms with Crippen LogP contribution in [0.4, 0.5) is 0 Å². The number of esters is 2. The average Bonchev–Trinajstić information content (AvgIpc) is 2.43. The molecule has 0 fully saturated rings. The van der Waals surface area contributed by atoms with Crippen LogP contribution in [-0.2, 0) is 14.3 Å².